The van der Waals surface area contributed by atoms with Crippen molar-refractivity contribution in [1.82, 2.24) is 9.80 Å². The molecule has 39 heavy (non-hydrogen) atoms. The maximum absolute atomic E-state index is 14.0. The van der Waals surface area contributed by atoms with E-state index < -0.39 is 0 Å². The Hall–Kier alpha value is -1.72. The molecule has 216 valence electrons. The van der Waals surface area contributed by atoms with E-state index in [1.165, 1.54) is 59.8 Å². The highest BCUT2D eigenvalue weighted by Gasteiger charge is 2.35. The largest absolute Gasteiger partial charge is 0.334 e. The zero-order valence-electron chi connectivity index (χ0n) is 25.9. The Morgan fingerprint density at radius 2 is 1.77 bits per heavy atom. The maximum atomic E-state index is 14.0. The Labute approximate surface area is 241 Å². The maximum Gasteiger partial charge on any atom is 0.255 e. The summed E-state index contributed by atoms with van der Waals surface area (Å²) >= 11 is 1.90. The van der Waals surface area contributed by atoms with Gasteiger partial charge >= 0.3 is 0 Å². The highest BCUT2D eigenvalue weighted by atomic mass is 32.1. The number of nitrogens with zero attached hydrogens (tertiary/aromatic N) is 2. The number of fused-ring (bicyclic) bond motifs is 1. The molecule has 0 aromatic carbocycles. The standard InChI is InChI=1S/C34H52N2O2S/c1-9-26-19-22(3)18-23(4)28(31(26)37)20-36-15-11-12-29-30(33(36)38)25(6)32(39-29)24(5)27-13-16-35(17-14-27)21-34(7,8)10-2/h18,24,26-27H,9-17,19-21H2,1-8H3/t24-,26?/m1/s1. The van der Waals surface area contributed by atoms with Crippen LogP contribution in [0.5, 0.6) is 0 Å². The van der Waals surface area contributed by atoms with Crippen molar-refractivity contribution in [3.8, 4) is 0 Å². The van der Waals surface area contributed by atoms with E-state index in [0.29, 0.717) is 23.8 Å². The number of piperidine rings is 1. The Kier molecular flexibility index (Phi) is 9.64. The molecule has 3 heterocycles. The molecule has 1 aromatic heterocycles. The van der Waals surface area contributed by atoms with Crippen LogP contribution in [-0.2, 0) is 11.2 Å². The van der Waals surface area contributed by atoms with Crippen LogP contribution in [0.4, 0.5) is 0 Å². The van der Waals surface area contributed by atoms with Gasteiger partial charge in [-0.3, -0.25) is 9.59 Å². The number of rotatable bonds is 8. The van der Waals surface area contributed by atoms with Gasteiger partial charge in [0.2, 0.25) is 0 Å². The molecule has 0 radical (unpaired) electrons. The topological polar surface area (TPSA) is 40.6 Å². The van der Waals surface area contributed by atoms with Gasteiger partial charge in [-0.05, 0) is 107 Å². The summed E-state index contributed by atoms with van der Waals surface area (Å²) in [6, 6.07) is 0. The minimum absolute atomic E-state index is 0.0288. The molecule has 2 aliphatic heterocycles. The molecule has 0 saturated carbocycles. The molecule has 0 N–H and O–H groups in total. The van der Waals surface area contributed by atoms with Crippen LogP contribution in [0.15, 0.2) is 22.8 Å². The van der Waals surface area contributed by atoms with Crippen LogP contribution in [0.2, 0.25) is 0 Å². The molecule has 4 nitrogen and oxygen atoms in total. The van der Waals surface area contributed by atoms with Gasteiger partial charge in [-0.1, -0.05) is 46.3 Å². The second kappa shape index (κ2) is 12.4. The fraction of sp³-hybridized carbons (Fsp3) is 0.706. The number of amides is 1. The lowest BCUT2D eigenvalue weighted by molar-refractivity contribution is -0.119. The van der Waals surface area contributed by atoms with Crippen LogP contribution < -0.4 is 0 Å². The lowest BCUT2D eigenvalue weighted by Crippen LogP contribution is -2.40. The van der Waals surface area contributed by atoms with E-state index in [9.17, 15) is 9.59 Å². The molecule has 0 spiro atoms. The predicted molar refractivity (Wildman–Crippen MR) is 165 cm³/mol. The van der Waals surface area contributed by atoms with E-state index in [2.05, 4.69) is 59.4 Å². The van der Waals surface area contributed by atoms with Crippen LogP contribution in [0, 0.1) is 24.2 Å². The Bertz CT molecular complexity index is 1130. The first-order valence-corrected chi connectivity index (χ1v) is 16.3. The number of carbonyl (C=O) groups excluding carboxylic acids is 2. The SMILES string of the molecule is CCC1CC(C)=CC(C)=C(CN2CCCc3sc([C@H](C)C4CCN(CC(C)(C)CC)CC4)c(C)c3C2=O)C1=O. The molecule has 2 atom stereocenters. The van der Waals surface area contributed by atoms with Crippen molar-refractivity contribution < 1.29 is 9.59 Å². The molecule has 3 aliphatic rings. The molecule has 4 rings (SSSR count). The monoisotopic (exact) mass is 552 g/mol. The second-order valence-electron chi connectivity index (χ2n) is 13.5. The number of hydrogen-bond acceptors (Lipinski definition) is 4. The van der Waals surface area contributed by atoms with Gasteiger partial charge in [0.15, 0.2) is 5.78 Å². The first kappa shape index (κ1) is 30.2. The van der Waals surface area contributed by atoms with Gasteiger partial charge < -0.3 is 9.80 Å². The van der Waals surface area contributed by atoms with E-state index in [1.807, 2.05) is 23.2 Å². The number of ketones is 1. The average Bonchev–Trinajstić information content (AvgIpc) is 3.08. The van der Waals surface area contributed by atoms with Crippen molar-refractivity contribution in [2.24, 2.45) is 17.3 Å². The average molecular weight is 553 g/mol. The van der Waals surface area contributed by atoms with E-state index in [-0.39, 0.29) is 17.6 Å². The summed E-state index contributed by atoms with van der Waals surface area (Å²) in [6.07, 6.45) is 9.46. The fourth-order valence-electron chi connectivity index (χ4n) is 7.03. The van der Waals surface area contributed by atoms with Crippen molar-refractivity contribution in [3.63, 3.8) is 0 Å². The van der Waals surface area contributed by atoms with E-state index in [0.717, 1.165) is 48.9 Å². The molecule has 0 bridgehead atoms. The van der Waals surface area contributed by atoms with Crippen LogP contribution in [0.1, 0.15) is 119 Å². The van der Waals surface area contributed by atoms with E-state index >= 15 is 0 Å². The zero-order chi connectivity index (χ0) is 28.5. The summed E-state index contributed by atoms with van der Waals surface area (Å²) in [5.41, 5.74) is 5.67. The lowest BCUT2D eigenvalue weighted by atomic mass is 9.82. The zero-order valence-corrected chi connectivity index (χ0v) is 26.7. The highest BCUT2D eigenvalue weighted by molar-refractivity contribution is 7.12. The van der Waals surface area contributed by atoms with Crippen molar-refractivity contribution in [2.45, 2.75) is 106 Å². The lowest BCUT2D eigenvalue weighted by Gasteiger charge is -2.38. The molecule has 1 aliphatic carbocycles. The first-order chi connectivity index (χ1) is 18.5. The third-order valence-corrected chi connectivity index (χ3v) is 11.5. The van der Waals surface area contributed by atoms with Crippen molar-refractivity contribution in [1.29, 1.82) is 0 Å². The molecular formula is C34H52N2O2S. The van der Waals surface area contributed by atoms with Gasteiger partial charge in [-0.2, -0.15) is 0 Å². The van der Waals surface area contributed by atoms with Gasteiger partial charge in [0.05, 0.1) is 5.56 Å². The Morgan fingerprint density at radius 3 is 2.41 bits per heavy atom. The summed E-state index contributed by atoms with van der Waals surface area (Å²) < 4.78 is 0. The normalized spacial score (nSPS) is 23.0. The fourth-order valence-corrected chi connectivity index (χ4v) is 8.51. The number of likely N-dealkylation sites (tertiary alicyclic amines) is 1. The Morgan fingerprint density at radius 1 is 1.08 bits per heavy atom. The number of carbonyl (C=O) groups is 2. The molecule has 1 aromatic rings. The highest BCUT2D eigenvalue weighted by Crippen LogP contribution is 2.42. The number of Topliss-reactive ketones (excluding diaryl/α,β-unsaturated/α-hetero) is 1. The van der Waals surface area contributed by atoms with Crippen LogP contribution >= 0.6 is 11.3 Å². The summed E-state index contributed by atoms with van der Waals surface area (Å²) in [6.45, 7) is 22.6. The third-order valence-electron chi connectivity index (χ3n) is 9.97. The van der Waals surface area contributed by atoms with Gasteiger partial charge in [-0.15, -0.1) is 11.3 Å². The Balaban J connectivity index is 1.51. The minimum atomic E-state index is 0.0288. The first-order valence-electron chi connectivity index (χ1n) is 15.5. The molecule has 1 fully saturated rings. The van der Waals surface area contributed by atoms with E-state index in [1.54, 1.807) is 0 Å². The third kappa shape index (κ3) is 6.62. The number of aryl methyl sites for hydroxylation is 1. The summed E-state index contributed by atoms with van der Waals surface area (Å²) in [5, 5.41) is 0. The van der Waals surface area contributed by atoms with E-state index in [4.69, 9.17) is 0 Å². The van der Waals surface area contributed by atoms with Crippen molar-refractivity contribution >= 4 is 23.0 Å². The van der Waals surface area contributed by atoms with Gasteiger partial charge in [0, 0.05) is 40.9 Å². The molecule has 5 heteroatoms. The quantitative estimate of drug-likeness (QED) is 0.328. The second-order valence-corrected chi connectivity index (χ2v) is 14.6. The number of hydrogen-bond donors (Lipinski definition) is 0. The summed E-state index contributed by atoms with van der Waals surface area (Å²) in [4.78, 5) is 34.8. The predicted octanol–water partition coefficient (Wildman–Crippen LogP) is 7.96. The van der Waals surface area contributed by atoms with Crippen LogP contribution in [-0.4, -0.2) is 54.2 Å². The molecule has 1 amide bonds. The van der Waals surface area contributed by atoms with Crippen molar-refractivity contribution in [3.05, 3.63) is 43.7 Å². The summed E-state index contributed by atoms with van der Waals surface area (Å²) in [7, 11) is 0. The van der Waals surface area contributed by atoms with Gasteiger partial charge in [-0.25, -0.2) is 0 Å². The molecular weight excluding hydrogens is 500 g/mol. The van der Waals surface area contributed by atoms with Crippen LogP contribution in [0.3, 0.4) is 0 Å². The summed E-state index contributed by atoms with van der Waals surface area (Å²) in [5.74, 6) is 1.57. The van der Waals surface area contributed by atoms with Crippen LogP contribution in [0.25, 0.3) is 0 Å². The van der Waals surface area contributed by atoms with Gasteiger partial charge in [0.25, 0.3) is 5.91 Å². The number of thiophene rings is 1. The number of allylic oxidation sites excluding steroid dienone is 3. The smallest absolute Gasteiger partial charge is 0.255 e. The van der Waals surface area contributed by atoms with Crippen molar-refractivity contribution in [2.75, 3.05) is 32.7 Å². The van der Waals surface area contributed by atoms with Gasteiger partial charge in [0.1, 0.15) is 0 Å². The minimum Gasteiger partial charge on any atom is -0.334 e. The molecule has 1 unspecified atom stereocenters. The molecule has 1 saturated heterocycles.